The summed E-state index contributed by atoms with van der Waals surface area (Å²) < 4.78 is 0. The largest absolute Gasteiger partial charge is 3.00 e. The zero-order chi connectivity index (χ0) is 18.8. The maximum atomic E-state index is 4.28. The molecule has 0 spiro atoms. The molecule has 0 unspecified atom stereocenters. The molecule has 138 valence electrons. The maximum Gasteiger partial charge on any atom is 3.00 e. The van der Waals surface area contributed by atoms with E-state index in [0.717, 1.165) is 11.0 Å². The first-order valence-corrected chi connectivity index (χ1v) is 9.19. The van der Waals surface area contributed by atoms with Gasteiger partial charge in [-0.1, -0.05) is 85.2 Å². The van der Waals surface area contributed by atoms with Crippen molar-refractivity contribution in [3.8, 4) is 0 Å². The number of rotatable bonds is 0. The molecule has 0 aliphatic carbocycles. The van der Waals surface area contributed by atoms with Crippen molar-refractivity contribution >= 4 is 43.4 Å². The number of nitrogens with zero attached hydrogens (tertiary/aromatic N) is 2. The molecule has 0 fully saturated rings. The van der Waals surface area contributed by atoms with Crippen molar-refractivity contribution in [1.82, 2.24) is 9.97 Å². The summed E-state index contributed by atoms with van der Waals surface area (Å²) in [6, 6.07) is 32.8. The van der Waals surface area contributed by atoms with Crippen molar-refractivity contribution in [2.75, 3.05) is 0 Å². The molecule has 0 atom stereocenters. The first-order valence-electron chi connectivity index (χ1n) is 9.19. The SMILES string of the molecule is [Ir+3].[c-]1ccc2ccc3ccccc3c2n1.[c-]1ccc2ccc3ccccc3c2n1. The zero-order valence-corrected chi connectivity index (χ0v) is 17.9. The van der Waals surface area contributed by atoms with Gasteiger partial charge in [0.25, 0.3) is 0 Å². The second kappa shape index (κ2) is 8.48. The van der Waals surface area contributed by atoms with Crippen LogP contribution in [0.1, 0.15) is 0 Å². The maximum absolute atomic E-state index is 4.28. The molecule has 0 aliphatic heterocycles. The van der Waals surface area contributed by atoms with E-state index >= 15 is 0 Å². The van der Waals surface area contributed by atoms with Crippen molar-refractivity contribution in [3.05, 3.63) is 109 Å². The predicted molar refractivity (Wildman–Crippen MR) is 116 cm³/mol. The van der Waals surface area contributed by atoms with Crippen LogP contribution < -0.4 is 0 Å². The van der Waals surface area contributed by atoms with Gasteiger partial charge in [-0.2, -0.15) is 24.3 Å². The van der Waals surface area contributed by atoms with E-state index in [1.807, 2.05) is 48.5 Å². The van der Waals surface area contributed by atoms with Gasteiger partial charge in [0.15, 0.2) is 0 Å². The van der Waals surface area contributed by atoms with Crippen LogP contribution >= 0.6 is 0 Å². The molecule has 6 aromatic rings. The van der Waals surface area contributed by atoms with Gasteiger partial charge in [-0.25, -0.2) is 0 Å². The predicted octanol–water partition coefficient (Wildman–Crippen LogP) is 6.37. The molecular weight excluding hydrogens is 533 g/mol. The van der Waals surface area contributed by atoms with Gasteiger partial charge in [0.1, 0.15) is 0 Å². The summed E-state index contributed by atoms with van der Waals surface area (Å²) in [5.41, 5.74) is 2.07. The summed E-state index contributed by atoms with van der Waals surface area (Å²) in [6.07, 6.45) is 5.76. The van der Waals surface area contributed by atoms with Crippen molar-refractivity contribution < 1.29 is 20.1 Å². The van der Waals surface area contributed by atoms with E-state index in [2.05, 4.69) is 70.9 Å². The summed E-state index contributed by atoms with van der Waals surface area (Å²) in [5.74, 6) is 0. The van der Waals surface area contributed by atoms with Crippen molar-refractivity contribution in [2.45, 2.75) is 0 Å². The molecule has 0 saturated carbocycles. The number of hydrogen-bond donors (Lipinski definition) is 0. The second-order valence-corrected chi connectivity index (χ2v) is 6.60. The second-order valence-electron chi connectivity index (χ2n) is 6.60. The summed E-state index contributed by atoms with van der Waals surface area (Å²) in [6.45, 7) is 0. The minimum absolute atomic E-state index is 0. The van der Waals surface area contributed by atoms with Gasteiger partial charge in [0, 0.05) is 0 Å². The fraction of sp³-hybridized carbons (Fsp3) is 0. The van der Waals surface area contributed by atoms with Crippen molar-refractivity contribution in [2.24, 2.45) is 0 Å². The first kappa shape index (κ1) is 19.2. The fourth-order valence-corrected chi connectivity index (χ4v) is 3.52. The summed E-state index contributed by atoms with van der Waals surface area (Å²) in [4.78, 5) is 8.57. The van der Waals surface area contributed by atoms with Gasteiger partial charge in [-0.3, -0.25) is 0 Å². The average Bonchev–Trinajstić information content (AvgIpc) is 2.79. The third kappa shape index (κ3) is 3.75. The standard InChI is InChI=1S/2C13H8N.Ir/c2*1-2-6-12-10(4-1)7-8-11-5-3-9-14-13(11)12;/h2*1-8H;/q2*-1;+3. The van der Waals surface area contributed by atoms with Crippen LogP contribution in [0.25, 0.3) is 43.4 Å². The van der Waals surface area contributed by atoms with Gasteiger partial charge in [-0.05, 0) is 32.6 Å². The Bertz CT molecular complexity index is 1210. The molecule has 0 amide bonds. The van der Waals surface area contributed by atoms with E-state index in [4.69, 9.17) is 0 Å². The van der Waals surface area contributed by atoms with Gasteiger partial charge in [0.05, 0.1) is 0 Å². The molecule has 29 heavy (non-hydrogen) atoms. The summed E-state index contributed by atoms with van der Waals surface area (Å²) in [7, 11) is 0. The van der Waals surface area contributed by atoms with Crippen LogP contribution in [-0.4, -0.2) is 9.97 Å². The van der Waals surface area contributed by atoms with Crippen LogP contribution in [-0.2, 0) is 20.1 Å². The van der Waals surface area contributed by atoms with Crippen LogP contribution in [0.4, 0.5) is 0 Å². The van der Waals surface area contributed by atoms with E-state index in [-0.39, 0.29) is 20.1 Å². The van der Waals surface area contributed by atoms with Gasteiger partial charge in [0.2, 0.25) is 0 Å². The Labute approximate surface area is 182 Å². The van der Waals surface area contributed by atoms with Crippen LogP contribution in [0.2, 0.25) is 0 Å². The molecule has 0 N–H and O–H groups in total. The van der Waals surface area contributed by atoms with E-state index in [1.165, 1.54) is 32.3 Å². The van der Waals surface area contributed by atoms with E-state index in [9.17, 15) is 0 Å². The van der Waals surface area contributed by atoms with Crippen molar-refractivity contribution in [3.63, 3.8) is 0 Å². The quantitative estimate of drug-likeness (QED) is 0.163. The normalized spacial score (nSPS) is 10.5. The molecule has 4 aromatic carbocycles. The molecule has 0 bridgehead atoms. The Morgan fingerprint density at radius 2 is 0.862 bits per heavy atom. The summed E-state index contributed by atoms with van der Waals surface area (Å²) in [5, 5.41) is 7.19. The number of hydrogen-bond acceptors (Lipinski definition) is 2. The molecule has 2 nitrogen and oxygen atoms in total. The smallest absolute Gasteiger partial charge is 0.386 e. The van der Waals surface area contributed by atoms with Gasteiger partial charge in [-0.15, -0.1) is 10.8 Å². The minimum Gasteiger partial charge on any atom is -0.386 e. The number of benzene rings is 4. The number of pyridine rings is 2. The molecule has 0 radical (unpaired) electrons. The Hall–Kier alpha value is -3.13. The Kier molecular flexibility index (Phi) is 5.62. The number of fused-ring (bicyclic) bond motifs is 6. The number of aromatic nitrogens is 2. The molecule has 2 heterocycles. The van der Waals surface area contributed by atoms with E-state index < -0.39 is 0 Å². The first-order chi connectivity index (χ1) is 13.9. The molecule has 6 rings (SSSR count). The fourth-order valence-electron chi connectivity index (χ4n) is 3.52. The van der Waals surface area contributed by atoms with E-state index in [0.29, 0.717) is 0 Å². The van der Waals surface area contributed by atoms with Gasteiger partial charge < -0.3 is 9.97 Å². The third-order valence-electron chi connectivity index (χ3n) is 4.89. The van der Waals surface area contributed by atoms with Crippen LogP contribution in [0.3, 0.4) is 0 Å². The van der Waals surface area contributed by atoms with Crippen molar-refractivity contribution in [1.29, 1.82) is 0 Å². The molecule has 2 aromatic heterocycles. The molecule has 0 aliphatic rings. The molecular formula is C26H16IrN2+. The zero-order valence-electron chi connectivity index (χ0n) is 15.5. The molecule has 3 heteroatoms. The summed E-state index contributed by atoms with van der Waals surface area (Å²) >= 11 is 0. The Balaban J connectivity index is 0.000000137. The third-order valence-corrected chi connectivity index (χ3v) is 4.89. The van der Waals surface area contributed by atoms with Crippen LogP contribution in [0, 0.1) is 12.4 Å². The Morgan fingerprint density at radius 3 is 1.34 bits per heavy atom. The minimum atomic E-state index is 0. The average molecular weight is 549 g/mol. The van der Waals surface area contributed by atoms with E-state index in [1.54, 1.807) is 0 Å². The monoisotopic (exact) mass is 549 g/mol. The Morgan fingerprint density at radius 1 is 0.448 bits per heavy atom. The van der Waals surface area contributed by atoms with Gasteiger partial charge >= 0.3 is 20.1 Å². The van der Waals surface area contributed by atoms with Crippen LogP contribution in [0.5, 0.6) is 0 Å². The van der Waals surface area contributed by atoms with Crippen LogP contribution in [0.15, 0.2) is 97.1 Å². The molecule has 0 saturated heterocycles. The topological polar surface area (TPSA) is 25.8 Å².